The van der Waals surface area contributed by atoms with Crippen molar-refractivity contribution in [2.45, 2.75) is 25.3 Å². The summed E-state index contributed by atoms with van der Waals surface area (Å²) in [5.74, 6) is 0.418. The van der Waals surface area contributed by atoms with Gasteiger partial charge < -0.3 is 5.32 Å². The Kier molecular flexibility index (Phi) is 6.75. The van der Waals surface area contributed by atoms with Crippen LogP contribution in [0.4, 0.5) is 0 Å². The van der Waals surface area contributed by atoms with Crippen molar-refractivity contribution >= 4 is 52.3 Å². The standard InChI is InChI=1S/C13H15Cl4NO/c1-2-13(7-14,8-15)18-12(19)6-9-3-4-10(16)11(17)5-9/h3-5H,2,6-8H2,1H3,(H,18,19). The van der Waals surface area contributed by atoms with Crippen LogP contribution in [0.3, 0.4) is 0 Å². The van der Waals surface area contributed by atoms with Gasteiger partial charge in [-0.2, -0.15) is 0 Å². The van der Waals surface area contributed by atoms with E-state index in [0.29, 0.717) is 16.5 Å². The number of carbonyl (C=O) groups excluding carboxylic acids is 1. The molecule has 0 aliphatic rings. The van der Waals surface area contributed by atoms with E-state index in [-0.39, 0.29) is 24.1 Å². The first kappa shape index (κ1) is 16.9. The van der Waals surface area contributed by atoms with Crippen LogP contribution in [0.15, 0.2) is 18.2 Å². The van der Waals surface area contributed by atoms with Gasteiger partial charge in [0.05, 0.1) is 22.0 Å². The molecule has 19 heavy (non-hydrogen) atoms. The van der Waals surface area contributed by atoms with E-state index < -0.39 is 5.54 Å². The number of amides is 1. The third-order valence-electron chi connectivity index (χ3n) is 2.94. The molecule has 1 aromatic carbocycles. The predicted molar refractivity (Wildman–Crippen MR) is 82.8 cm³/mol. The highest BCUT2D eigenvalue weighted by molar-refractivity contribution is 6.42. The fourth-order valence-electron chi connectivity index (χ4n) is 1.55. The maximum Gasteiger partial charge on any atom is 0.224 e. The molecule has 0 heterocycles. The summed E-state index contributed by atoms with van der Waals surface area (Å²) in [5.41, 5.74) is 0.234. The molecule has 0 saturated heterocycles. The van der Waals surface area contributed by atoms with Crippen LogP contribution in [0, 0.1) is 0 Å². The van der Waals surface area contributed by atoms with Crippen molar-refractivity contribution in [2.24, 2.45) is 0 Å². The van der Waals surface area contributed by atoms with E-state index in [1.54, 1.807) is 18.2 Å². The Bertz CT molecular complexity index is 438. The van der Waals surface area contributed by atoms with E-state index in [1.165, 1.54) is 0 Å². The molecule has 106 valence electrons. The fourth-order valence-corrected chi connectivity index (χ4v) is 2.67. The summed E-state index contributed by atoms with van der Waals surface area (Å²) < 4.78 is 0. The second-order valence-electron chi connectivity index (χ2n) is 4.37. The van der Waals surface area contributed by atoms with Gasteiger partial charge in [-0.3, -0.25) is 4.79 Å². The minimum absolute atomic E-state index is 0.137. The molecule has 2 nitrogen and oxygen atoms in total. The third-order valence-corrected chi connectivity index (χ3v) is 4.70. The number of hydrogen-bond acceptors (Lipinski definition) is 1. The molecule has 0 saturated carbocycles. The van der Waals surface area contributed by atoms with Crippen molar-refractivity contribution in [1.29, 1.82) is 0 Å². The highest BCUT2D eigenvalue weighted by Crippen LogP contribution is 2.23. The minimum atomic E-state index is -0.559. The lowest BCUT2D eigenvalue weighted by atomic mass is 10.0. The number of rotatable bonds is 6. The lowest BCUT2D eigenvalue weighted by molar-refractivity contribution is -0.122. The monoisotopic (exact) mass is 341 g/mol. The van der Waals surface area contributed by atoms with Crippen molar-refractivity contribution in [3.05, 3.63) is 33.8 Å². The molecule has 0 fully saturated rings. The van der Waals surface area contributed by atoms with Gasteiger partial charge in [-0.25, -0.2) is 0 Å². The van der Waals surface area contributed by atoms with Crippen molar-refractivity contribution in [1.82, 2.24) is 5.32 Å². The van der Waals surface area contributed by atoms with Gasteiger partial charge in [-0.1, -0.05) is 36.2 Å². The fraction of sp³-hybridized carbons (Fsp3) is 0.462. The second-order valence-corrected chi connectivity index (χ2v) is 5.72. The van der Waals surface area contributed by atoms with Crippen LogP contribution in [0.25, 0.3) is 0 Å². The second kappa shape index (κ2) is 7.58. The highest BCUT2D eigenvalue weighted by Gasteiger charge is 2.28. The van der Waals surface area contributed by atoms with Gasteiger partial charge >= 0.3 is 0 Å². The average Bonchev–Trinajstić information content (AvgIpc) is 2.40. The van der Waals surface area contributed by atoms with Gasteiger partial charge in [0.15, 0.2) is 0 Å². The lowest BCUT2D eigenvalue weighted by Crippen LogP contribution is -2.51. The predicted octanol–water partition coefficient (Wildman–Crippen LogP) is 4.28. The molecule has 0 bridgehead atoms. The van der Waals surface area contributed by atoms with Crippen LogP contribution < -0.4 is 5.32 Å². The number of halogens is 4. The maximum absolute atomic E-state index is 12.0. The molecule has 1 amide bonds. The molecule has 0 radical (unpaired) electrons. The highest BCUT2D eigenvalue weighted by atomic mass is 35.5. The maximum atomic E-state index is 12.0. The average molecular weight is 343 g/mol. The van der Waals surface area contributed by atoms with Crippen LogP contribution >= 0.6 is 46.4 Å². The van der Waals surface area contributed by atoms with Crippen molar-refractivity contribution in [2.75, 3.05) is 11.8 Å². The minimum Gasteiger partial charge on any atom is -0.348 e. The molecule has 0 aromatic heterocycles. The molecular weight excluding hydrogens is 328 g/mol. The van der Waals surface area contributed by atoms with Crippen molar-refractivity contribution in [3.63, 3.8) is 0 Å². The summed E-state index contributed by atoms with van der Waals surface area (Å²) >= 11 is 23.5. The quantitative estimate of drug-likeness (QED) is 0.768. The third kappa shape index (κ3) is 4.71. The number of benzene rings is 1. The Morgan fingerprint density at radius 3 is 2.32 bits per heavy atom. The summed E-state index contributed by atoms with van der Waals surface area (Å²) in [4.78, 5) is 12.0. The van der Waals surface area contributed by atoms with Gasteiger partial charge in [-0.15, -0.1) is 23.2 Å². The van der Waals surface area contributed by atoms with Gasteiger partial charge in [0.1, 0.15) is 0 Å². The van der Waals surface area contributed by atoms with E-state index in [4.69, 9.17) is 46.4 Å². The SMILES string of the molecule is CCC(CCl)(CCl)NC(=O)Cc1ccc(Cl)c(Cl)c1. The number of nitrogens with one attached hydrogen (secondary N) is 1. The van der Waals surface area contributed by atoms with Crippen LogP contribution in [0.2, 0.25) is 10.0 Å². The number of carbonyl (C=O) groups is 1. The molecule has 6 heteroatoms. The molecule has 0 aliphatic carbocycles. The van der Waals surface area contributed by atoms with E-state index in [1.807, 2.05) is 6.92 Å². The summed E-state index contributed by atoms with van der Waals surface area (Å²) in [6.45, 7) is 1.93. The molecule has 0 atom stereocenters. The van der Waals surface area contributed by atoms with Crippen LogP contribution in [0.5, 0.6) is 0 Å². The molecule has 1 aromatic rings. The summed E-state index contributed by atoms with van der Waals surface area (Å²) in [5, 5.41) is 3.78. The molecular formula is C13H15Cl4NO. The molecule has 0 spiro atoms. The summed E-state index contributed by atoms with van der Waals surface area (Å²) in [6.07, 6.45) is 0.888. The Balaban J connectivity index is 2.71. The largest absolute Gasteiger partial charge is 0.348 e. The zero-order valence-electron chi connectivity index (χ0n) is 10.5. The van der Waals surface area contributed by atoms with Gasteiger partial charge in [0, 0.05) is 11.8 Å². The smallest absolute Gasteiger partial charge is 0.224 e. The first-order valence-electron chi connectivity index (χ1n) is 5.83. The van der Waals surface area contributed by atoms with E-state index in [2.05, 4.69) is 5.32 Å². The first-order chi connectivity index (χ1) is 8.96. The van der Waals surface area contributed by atoms with E-state index >= 15 is 0 Å². The zero-order chi connectivity index (χ0) is 14.5. The topological polar surface area (TPSA) is 29.1 Å². The Hall–Kier alpha value is -0.150. The molecule has 1 N–H and O–H groups in total. The van der Waals surface area contributed by atoms with Crippen LogP contribution in [0.1, 0.15) is 18.9 Å². The Morgan fingerprint density at radius 2 is 1.84 bits per heavy atom. The first-order valence-corrected chi connectivity index (χ1v) is 7.65. The zero-order valence-corrected chi connectivity index (χ0v) is 13.5. The van der Waals surface area contributed by atoms with E-state index in [0.717, 1.165) is 5.56 Å². The summed E-state index contributed by atoms with van der Waals surface area (Å²) in [6, 6.07) is 5.12. The van der Waals surface area contributed by atoms with Crippen molar-refractivity contribution in [3.8, 4) is 0 Å². The Morgan fingerprint density at radius 1 is 1.21 bits per heavy atom. The normalized spacial score (nSPS) is 11.4. The van der Waals surface area contributed by atoms with Gasteiger partial charge in [0.25, 0.3) is 0 Å². The van der Waals surface area contributed by atoms with Gasteiger partial charge in [-0.05, 0) is 24.1 Å². The van der Waals surface area contributed by atoms with Crippen LogP contribution in [-0.4, -0.2) is 23.2 Å². The van der Waals surface area contributed by atoms with Gasteiger partial charge in [0.2, 0.25) is 5.91 Å². The van der Waals surface area contributed by atoms with Crippen molar-refractivity contribution < 1.29 is 4.79 Å². The molecule has 0 aliphatic heterocycles. The summed E-state index contributed by atoms with van der Waals surface area (Å²) in [7, 11) is 0. The van der Waals surface area contributed by atoms with Crippen LogP contribution in [-0.2, 0) is 11.2 Å². The lowest BCUT2D eigenvalue weighted by Gasteiger charge is -2.29. The molecule has 1 rings (SSSR count). The number of hydrogen-bond donors (Lipinski definition) is 1. The Labute approximate surface area is 133 Å². The molecule has 0 unspecified atom stereocenters. The van der Waals surface area contributed by atoms with E-state index in [9.17, 15) is 4.79 Å². The number of alkyl halides is 2.